The Morgan fingerprint density at radius 1 is 1.18 bits per heavy atom. The Hall–Kier alpha value is -2.45. The Balaban J connectivity index is 1.58. The van der Waals surface area contributed by atoms with Crippen LogP contribution in [0.1, 0.15) is 13.3 Å². The van der Waals surface area contributed by atoms with Crippen LogP contribution in [0.25, 0.3) is 22.0 Å². The normalized spacial score (nSPS) is 19.8. The van der Waals surface area contributed by atoms with Crippen LogP contribution in [-0.2, 0) is 19.0 Å². The first-order chi connectivity index (χ1) is 16.0. The van der Waals surface area contributed by atoms with Crippen molar-refractivity contribution in [1.82, 2.24) is 9.97 Å². The minimum absolute atomic E-state index is 0.295. The molecule has 1 atom stereocenters. The van der Waals surface area contributed by atoms with E-state index in [-0.39, 0.29) is 5.97 Å². The minimum Gasteiger partial charge on any atom is -0.466 e. The number of nitrogens with zero attached hydrogens (tertiary/aromatic N) is 3. The topological polar surface area (TPSA) is 73.8 Å². The van der Waals surface area contributed by atoms with Gasteiger partial charge in [-0.05, 0) is 36.2 Å². The molecule has 1 unspecified atom stereocenters. The zero-order valence-electron chi connectivity index (χ0n) is 18.1. The molecule has 5 rings (SSSR count). The Labute approximate surface area is 201 Å². The van der Waals surface area contributed by atoms with Crippen LogP contribution in [-0.4, -0.2) is 54.6 Å². The second-order valence-electron chi connectivity index (χ2n) is 8.04. The second kappa shape index (κ2) is 9.06. The summed E-state index contributed by atoms with van der Waals surface area (Å²) in [5.41, 5.74) is 2.64. The summed E-state index contributed by atoms with van der Waals surface area (Å²) in [5, 5.41) is 1.85. The van der Waals surface area contributed by atoms with Crippen molar-refractivity contribution in [2.45, 2.75) is 19.1 Å². The van der Waals surface area contributed by atoms with Crippen LogP contribution >= 0.6 is 23.2 Å². The van der Waals surface area contributed by atoms with E-state index in [4.69, 9.17) is 37.4 Å². The maximum absolute atomic E-state index is 12.9. The summed E-state index contributed by atoms with van der Waals surface area (Å²) in [4.78, 5) is 24.1. The summed E-state index contributed by atoms with van der Waals surface area (Å²) in [6.07, 6.45) is 2.07. The van der Waals surface area contributed by atoms with E-state index >= 15 is 0 Å². The van der Waals surface area contributed by atoms with Crippen LogP contribution in [0.5, 0.6) is 0 Å². The van der Waals surface area contributed by atoms with E-state index in [0.29, 0.717) is 49.4 Å². The number of piperidine rings is 1. The van der Waals surface area contributed by atoms with Crippen molar-refractivity contribution in [3.05, 3.63) is 52.8 Å². The summed E-state index contributed by atoms with van der Waals surface area (Å²) in [6.45, 7) is 3.99. The number of benzene rings is 2. The van der Waals surface area contributed by atoms with Gasteiger partial charge in [-0.15, -0.1) is 0 Å². The Morgan fingerprint density at radius 3 is 2.76 bits per heavy atom. The molecule has 172 valence electrons. The molecule has 3 aromatic rings. The first-order valence-corrected chi connectivity index (χ1v) is 11.7. The van der Waals surface area contributed by atoms with Gasteiger partial charge in [0.15, 0.2) is 5.79 Å². The lowest BCUT2D eigenvalue weighted by Gasteiger charge is -2.43. The first-order valence-electron chi connectivity index (χ1n) is 10.9. The molecular weight excluding hydrogens is 465 g/mol. The van der Waals surface area contributed by atoms with Gasteiger partial charge in [0.05, 0.1) is 40.8 Å². The van der Waals surface area contributed by atoms with Crippen molar-refractivity contribution >= 4 is 45.9 Å². The monoisotopic (exact) mass is 487 g/mol. The van der Waals surface area contributed by atoms with Crippen molar-refractivity contribution in [3.63, 3.8) is 0 Å². The molecule has 2 saturated heterocycles. The van der Waals surface area contributed by atoms with E-state index in [2.05, 4.69) is 14.9 Å². The molecule has 2 aromatic carbocycles. The van der Waals surface area contributed by atoms with E-state index in [0.717, 1.165) is 27.8 Å². The smallest absolute Gasteiger partial charge is 0.316 e. The van der Waals surface area contributed by atoms with Crippen molar-refractivity contribution < 1.29 is 19.0 Å². The predicted molar refractivity (Wildman–Crippen MR) is 127 cm³/mol. The van der Waals surface area contributed by atoms with Crippen molar-refractivity contribution in [1.29, 1.82) is 0 Å². The van der Waals surface area contributed by atoms with Crippen LogP contribution in [0, 0.1) is 5.92 Å². The van der Waals surface area contributed by atoms with E-state index < -0.39 is 11.7 Å². The number of carbonyl (C=O) groups excluding carboxylic acids is 1. The highest BCUT2D eigenvalue weighted by Gasteiger charge is 2.52. The predicted octanol–water partition coefficient (Wildman–Crippen LogP) is 4.74. The highest BCUT2D eigenvalue weighted by atomic mass is 35.5. The van der Waals surface area contributed by atoms with Gasteiger partial charge in [0, 0.05) is 19.5 Å². The SMILES string of the molecule is CCOC(=O)C1CN(c2ncnc3cccc(-c4ccc(Cl)c(Cl)c4)c23)CCC12OCCO2. The molecule has 0 aliphatic carbocycles. The Kier molecular flexibility index (Phi) is 6.14. The van der Waals surface area contributed by atoms with E-state index in [9.17, 15) is 4.79 Å². The van der Waals surface area contributed by atoms with E-state index in [1.165, 1.54) is 0 Å². The fourth-order valence-electron chi connectivity index (χ4n) is 4.66. The summed E-state index contributed by atoms with van der Waals surface area (Å²) in [5.74, 6) is -1.12. The largest absolute Gasteiger partial charge is 0.466 e. The number of carbonyl (C=O) groups is 1. The number of esters is 1. The zero-order valence-corrected chi connectivity index (χ0v) is 19.6. The maximum atomic E-state index is 12.9. The molecule has 2 fully saturated rings. The number of anilines is 1. The first kappa shape index (κ1) is 22.3. The lowest BCUT2D eigenvalue weighted by molar-refractivity contribution is -0.215. The van der Waals surface area contributed by atoms with Crippen LogP contribution < -0.4 is 4.90 Å². The number of hydrogen-bond acceptors (Lipinski definition) is 7. The number of ether oxygens (including phenoxy) is 3. The molecule has 33 heavy (non-hydrogen) atoms. The second-order valence-corrected chi connectivity index (χ2v) is 8.85. The molecule has 0 N–H and O–H groups in total. The van der Waals surface area contributed by atoms with E-state index in [1.807, 2.05) is 30.3 Å². The molecule has 7 nitrogen and oxygen atoms in total. The minimum atomic E-state index is -0.946. The molecule has 1 aromatic heterocycles. The molecule has 0 saturated carbocycles. The fourth-order valence-corrected chi connectivity index (χ4v) is 4.96. The van der Waals surface area contributed by atoms with Gasteiger partial charge in [-0.3, -0.25) is 4.79 Å². The van der Waals surface area contributed by atoms with Crippen LogP contribution in [0.4, 0.5) is 5.82 Å². The third-order valence-corrected chi connectivity index (χ3v) is 6.92. The summed E-state index contributed by atoms with van der Waals surface area (Å²) in [6, 6.07) is 11.4. The third kappa shape index (κ3) is 4.04. The number of aromatic nitrogens is 2. The van der Waals surface area contributed by atoms with Crippen LogP contribution in [0.2, 0.25) is 10.0 Å². The molecule has 1 spiro atoms. The third-order valence-electron chi connectivity index (χ3n) is 6.18. The highest BCUT2D eigenvalue weighted by Crippen LogP contribution is 2.41. The Morgan fingerprint density at radius 2 is 2.00 bits per heavy atom. The van der Waals surface area contributed by atoms with Crippen molar-refractivity contribution in [3.8, 4) is 11.1 Å². The average molecular weight is 488 g/mol. The standard InChI is InChI=1S/C24H23Cl2N3O4/c1-2-31-23(30)17-13-29(9-8-24(17)32-10-11-33-24)22-21-16(4-3-5-20(21)27-14-28-22)15-6-7-18(25)19(26)12-15/h3-7,12,14,17H,2,8-11,13H2,1H3. The van der Waals surface area contributed by atoms with Gasteiger partial charge in [-0.2, -0.15) is 0 Å². The van der Waals surface area contributed by atoms with Crippen LogP contribution in [0.3, 0.4) is 0 Å². The zero-order chi connectivity index (χ0) is 23.0. The fraction of sp³-hybridized carbons (Fsp3) is 0.375. The summed E-state index contributed by atoms with van der Waals surface area (Å²) in [7, 11) is 0. The van der Waals surface area contributed by atoms with Gasteiger partial charge >= 0.3 is 5.97 Å². The molecule has 0 amide bonds. The lowest BCUT2D eigenvalue weighted by Crippen LogP contribution is -2.56. The van der Waals surface area contributed by atoms with Crippen molar-refractivity contribution in [2.75, 3.05) is 37.8 Å². The number of fused-ring (bicyclic) bond motifs is 1. The molecule has 0 radical (unpaired) electrons. The molecular formula is C24H23Cl2N3O4. The molecule has 0 bridgehead atoms. The molecule has 2 aliphatic rings. The molecule has 2 aliphatic heterocycles. The van der Waals surface area contributed by atoms with Gasteiger partial charge in [0.2, 0.25) is 0 Å². The maximum Gasteiger partial charge on any atom is 0.316 e. The van der Waals surface area contributed by atoms with Crippen molar-refractivity contribution in [2.24, 2.45) is 5.92 Å². The lowest BCUT2D eigenvalue weighted by atomic mass is 9.90. The van der Waals surface area contributed by atoms with E-state index in [1.54, 1.807) is 19.3 Å². The van der Waals surface area contributed by atoms with Gasteiger partial charge in [-0.25, -0.2) is 9.97 Å². The summed E-state index contributed by atoms with van der Waals surface area (Å²) < 4.78 is 17.3. The van der Waals surface area contributed by atoms with Gasteiger partial charge in [0.1, 0.15) is 18.1 Å². The number of rotatable bonds is 4. The Bertz CT molecular complexity index is 1190. The van der Waals surface area contributed by atoms with Gasteiger partial charge in [0.25, 0.3) is 0 Å². The number of halogens is 2. The average Bonchev–Trinajstić information content (AvgIpc) is 3.29. The van der Waals surface area contributed by atoms with Crippen LogP contribution in [0.15, 0.2) is 42.7 Å². The van der Waals surface area contributed by atoms with Gasteiger partial charge < -0.3 is 19.1 Å². The summed E-state index contributed by atoms with van der Waals surface area (Å²) >= 11 is 12.4. The molecule has 9 heteroatoms. The van der Waals surface area contributed by atoms with Gasteiger partial charge in [-0.1, -0.05) is 41.4 Å². The quantitative estimate of drug-likeness (QED) is 0.492. The highest BCUT2D eigenvalue weighted by molar-refractivity contribution is 6.42. The number of hydrogen-bond donors (Lipinski definition) is 0. The molecule has 3 heterocycles.